The van der Waals surface area contributed by atoms with Gasteiger partial charge in [-0.25, -0.2) is 0 Å². The van der Waals surface area contributed by atoms with E-state index >= 15 is 0 Å². The quantitative estimate of drug-likeness (QED) is 0.123. The second-order valence-corrected chi connectivity index (χ2v) is 10.7. The lowest BCUT2D eigenvalue weighted by atomic mass is 9.85. The van der Waals surface area contributed by atoms with Crippen molar-refractivity contribution >= 4 is 23.4 Å². The number of hydrogen-bond donors (Lipinski definition) is 2. The molecule has 0 atom stereocenters. The number of rotatable bonds is 20. The first kappa shape index (κ1) is 34.9. The summed E-state index contributed by atoms with van der Waals surface area (Å²) in [6, 6.07) is 7.55. The van der Waals surface area contributed by atoms with Gasteiger partial charge in [0.2, 0.25) is 11.8 Å². The Hall–Kier alpha value is -3.11. The zero-order chi connectivity index (χ0) is 29.3. The fourth-order valence-corrected chi connectivity index (χ4v) is 3.88. The molecule has 0 heterocycles. The number of allylic oxidation sites excluding steroid dienone is 12. The highest BCUT2D eigenvalue weighted by atomic mass is 35.5. The molecule has 40 heavy (non-hydrogen) atoms. The largest absolute Gasteiger partial charge is 0.354 e. The summed E-state index contributed by atoms with van der Waals surface area (Å²) in [5.74, 6) is -0.0381. The molecular weight excluding hydrogens is 516 g/mol. The number of benzene rings is 1. The summed E-state index contributed by atoms with van der Waals surface area (Å²) in [6.07, 6.45) is 33.7. The summed E-state index contributed by atoms with van der Waals surface area (Å²) in [7, 11) is 0. The van der Waals surface area contributed by atoms with Gasteiger partial charge in [0.15, 0.2) is 0 Å². The molecule has 0 bridgehead atoms. The van der Waals surface area contributed by atoms with E-state index in [-0.39, 0.29) is 11.8 Å². The van der Waals surface area contributed by atoms with Crippen LogP contribution in [0, 0.1) is 5.41 Å². The SMILES string of the molecule is CCC=CCC=CCC=CCC=CCC=CCC=CCCC(=O)NCCNC(=O)C(C)(C)Cc1ccc(Cl)cc1. The third-order valence-corrected chi connectivity index (χ3v) is 6.29. The van der Waals surface area contributed by atoms with Crippen molar-refractivity contribution in [1.29, 1.82) is 0 Å². The van der Waals surface area contributed by atoms with Crippen LogP contribution < -0.4 is 10.6 Å². The molecule has 0 radical (unpaired) electrons. The molecule has 0 saturated carbocycles. The lowest BCUT2D eigenvalue weighted by Gasteiger charge is -2.23. The second-order valence-electron chi connectivity index (χ2n) is 10.2. The van der Waals surface area contributed by atoms with Crippen LogP contribution in [0.15, 0.2) is 97.2 Å². The number of amides is 2. The fourth-order valence-electron chi connectivity index (χ4n) is 3.75. The van der Waals surface area contributed by atoms with Gasteiger partial charge in [-0.2, -0.15) is 0 Å². The van der Waals surface area contributed by atoms with E-state index in [0.717, 1.165) is 44.1 Å². The van der Waals surface area contributed by atoms with Gasteiger partial charge in [-0.15, -0.1) is 0 Å². The van der Waals surface area contributed by atoms with Gasteiger partial charge in [0, 0.05) is 29.9 Å². The summed E-state index contributed by atoms with van der Waals surface area (Å²) in [6.45, 7) is 6.82. The summed E-state index contributed by atoms with van der Waals surface area (Å²) in [5.41, 5.74) is 0.514. The molecule has 0 aliphatic heterocycles. The minimum atomic E-state index is -0.548. The first-order chi connectivity index (χ1) is 19.3. The average Bonchev–Trinajstić information content (AvgIpc) is 2.93. The molecule has 2 amide bonds. The van der Waals surface area contributed by atoms with Crippen molar-refractivity contribution in [3.63, 3.8) is 0 Å². The molecule has 1 aromatic rings. The highest BCUT2D eigenvalue weighted by molar-refractivity contribution is 6.30. The maximum Gasteiger partial charge on any atom is 0.226 e. The predicted octanol–water partition coefficient (Wildman–Crippen LogP) is 8.62. The van der Waals surface area contributed by atoms with Crippen LogP contribution >= 0.6 is 11.6 Å². The molecule has 1 aromatic carbocycles. The third kappa shape index (κ3) is 19.0. The number of nitrogens with one attached hydrogen (secondary N) is 2. The first-order valence-corrected chi connectivity index (χ1v) is 14.9. The molecule has 0 unspecified atom stereocenters. The Morgan fingerprint density at radius 1 is 0.700 bits per heavy atom. The van der Waals surface area contributed by atoms with Gasteiger partial charge in [0.1, 0.15) is 0 Å². The maximum absolute atomic E-state index is 12.6. The Balaban J connectivity index is 2.05. The number of hydrogen-bond acceptors (Lipinski definition) is 2. The molecule has 0 aliphatic rings. The van der Waals surface area contributed by atoms with E-state index in [1.54, 1.807) is 0 Å². The molecule has 4 nitrogen and oxygen atoms in total. The summed E-state index contributed by atoms with van der Waals surface area (Å²) >= 11 is 5.94. The van der Waals surface area contributed by atoms with E-state index in [1.807, 2.05) is 44.2 Å². The molecule has 0 saturated heterocycles. The number of carbonyl (C=O) groups excluding carboxylic acids is 2. The maximum atomic E-state index is 12.6. The predicted molar refractivity (Wildman–Crippen MR) is 172 cm³/mol. The lowest BCUT2D eigenvalue weighted by molar-refractivity contribution is -0.129. The standard InChI is InChI=1S/C35H49ClN2O2/c1-4-5-6-7-8-9-10-11-12-13-14-15-16-17-18-19-20-21-22-23-33(39)37-28-29-38-34(40)35(2,3)30-31-24-26-32(36)27-25-31/h5-6,8-9,11-12,14-15,17-18,20-21,24-27H,4,7,10,13,16,19,22-23,28-30H2,1-3H3,(H,37,39)(H,38,40). The Labute approximate surface area is 248 Å². The third-order valence-electron chi connectivity index (χ3n) is 6.04. The fraction of sp³-hybridized carbons (Fsp3) is 0.429. The van der Waals surface area contributed by atoms with Crippen molar-refractivity contribution in [3.8, 4) is 0 Å². The molecule has 5 heteroatoms. The van der Waals surface area contributed by atoms with Gasteiger partial charge >= 0.3 is 0 Å². The Morgan fingerprint density at radius 2 is 1.15 bits per heavy atom. The molecule has 1 rings (SSSR count). The number of halogens is 1. The van der Waals surface area contributed by atoms with Crippen LogP contribution in [0.3, 0.4) is 0 Å². The van der Waals surface area contributed by atoms with E-state index in [2.05, 4.69) is 84.4 Å². The molecule has 0 aromatic heterocycles. The van der Waals surface area contributed by atoms with Crippen molar-refractivity contribution < 1.29 is 9.59 Å². The monoisotopic (exact) mass is 564 g/mol. The molecule has 218 valence electrons. The van der Waals surface area contributed by atoms with Crippen molar-refractivity contribution in [1.82, 2.24) is 10.6 Å². The van der Waals surface area contributed by atoms with Crippen LogP contribution in [0.2, 0.25) is 5.02 Å². The van der Waals surface area contributed by atoms with Crippen LogP contribution in [-0.2, 0) is 16.0 Å². The van der Waals surface area contributed by atoms with Crippen LogP contribution in [0.1, 0.15) is 77.7 Å². The van der Waals surface area contributed by atoms with Crippen LogP contribution in [0.4, 0.5) is 0 Å². The molecule has 0 fully saturated rings. The van der Waals surface area contributed by atoms with Gasteiger partial charge in [-0.05, 0) is 69.1 Å². The van der Waals surface area contributed by atoms with E-state index in [4.69, 9.17) is 11.6 Å². The lowest BCUT2D eigenvalue weighted by Crippen LogP contribution is -2.42. The number of carbonyl (C=O) groups is 2. The van der Waals surface area contributed by atoms with E-state index in [0.29, 0.717) is 37.4 Å². The summed E-state index contributed by atoms with van der Waals surface area (Å²) in [4.78, 5) is 24.6. The van der Waals surface area contributed by atoms with Gasteiger partial charge in [0.05, 0.1) is 0 Å². The summed E-state index contributed by atoms with van der Waals surface area (Å²) in [5, 5.41) is 6.48. The Morgan fingerprint density at radius 3 is 1.65 bits per heavy atom. The normalized spacial score (nSPS) is 12.7. The zero-order valence-electron chi connectivity index (χ0n) is 24.7. The Kier molecular flexibility index (Phi) is 19.8. The van der Waals surface area contributed by atoms with Gasteiger partial charge in [-0.1, -0.05) is 117 Å². The zero-order valence-corrected chi connectivity index (χ0v) is 25.5. The van der Waals surface area contributed by atoms with Crippen molar-refractivity contribution in [2.45, 2.75) is 78.6 Å². The van der Waals surface area contributed by atoms with Crippen molar-refractivity contribution in [3.05, 3.63) is 108 Å². The molecule has 2 N–H and O–H groups in total. The van der Waals surface area contributed by atoms with E-state index in [9.17, 15) is 9.59 Å². The minimum absolute atomic E-state index is 0.00537. The van der Waals surface area contributed by atoms with Gasteiger partial charge in [-0.3, -0.25) is 9.59 Å². The highest BCUT2D eigenvalue weighted by Crippen LogP contribution is 2.23. The second kappa shape index (κ2) is 22.7. The van der Waals surface area contributed by atoms with E-state index < -0.39 is 5.41 Å². The molecule has 0 spiro atoms. The Bertz CT molecular complexity index is 1010. The molecular formula is C35H49ClN2O2. The smallest absolute Gasteiger partial charge is 0.226 e. The average molecular weight is 565 g/mol. The van der Waals surface area contributed by atoms with E-state index in [1.165, 1.54) is 0 Å². The van der Waals surface area contributed by atoms with Crippen molar-refractivity contribution in [2.75, 3.05) is 13.1 Å². The summed E-state index contributed by atoms with van der Waals surface area (Å²) < 4.78 is 0. The van der Waals surface area contributed by atoms with Crippen LogP contribution in [0.5, 0.6) is 0 Å². The topological polar surface area (TPSA) is 58.2 Å². The van der Waals surface area contributed by atoms with Gasteiger partial charge < -0.3 is 10.6 Å². The van der Waals surface area contributed by atoms with Crippen molar-refractivity contribution in [2.24, 2.45) is 5.41 Å². The van der Waals surface area contributed by atoms with Crippen LogP contribution in [0.25, 0.3) is 0 Å². The van der Waals surface area contributed by atoms with Gasteiger partial charge in [0.25, 0.3) is 0 Å². The van der Waals surface area contributed by atoms with Crippen LogP contribution in [-0.4, -0.2) is 24.9 Å². The minimum Gasteiger partial charge on any atom is -0.354 e. The first-order valence-electron chi connectivity index (χ1n) is 14.5. The molecule has 0 aliphatic carbocycles. The highest BCUT2D eigenvalue weighted by Gasteiger charge is 2.27.